The zero-order valence-corrected chi connectivity index (χ0v) is 18.4. The van der Waals surface area contributed by atoms with E-state index in [4.69, 9.17) is 19.3 Å². The van der Waals surface area contributed by atoms with Crippen LogP contribution in [0.4, 0.5) is 4.79 Å². The number of carbonyl (C=O) groups excluding carboxylic acids is 1. The zero-order chi connectivity index (χ0) is 22.3. The van der Waals surface area contributed by atoms with E-state index < -0.39 is 12.1 Å². The molecule has 168 valence electrons. The van der Waals surface area contributed by atoms with Crippen molar-refractivity contribution in [2.75, 3.05) is 47.5 Å². The molecule has 2 N–H and O–H groups in total. The lowest BCUT2D eigenvalue weighted by Crippen LogP contribution is -2.54. The minimum atomic E-state index is -1.17. The molecule has 0 aliphatic carbocycles. The van der Waals surface area contributed by atoms with Gasteiger partial charge in [0.25, 0.3) is 0 Å². The first-order chi connectivity index (χ1) is 14.3. The third-order valence-electron chi connectivity index (χ3n) is 5.17. The molecule has 9 heteroatoms. The van der Waals surface area contributed by atoms with Crippen molar-refractivity contribution in [3.8, 4) is 17.2 Å². The Labute approximate surface area is 177 Å². The Hall–Kier alpha value is -2.68. The molecule has 1 aliphatic rings. The summed E-state index contributed by atoms with van der Waals surface area (Å²) in [5.74, 6) is 1.86. The zero-order valence-electron chi connectivity index (χ0n) is 18.4. The van der Waals surface area contributed by atoms with E-state index in [1.165, 1.54) is 0 Å². The average molecular weight is 424 g/mol. The molecule has 1 atom stereocenters. The molecule has 2 amide bonds. The Morgan fingerprint density at radius 2 is 1.67 bits per heavy atom. The minimum Gasteiger partial charge on any atom is -0.493 e. The number of methoxy groups -OCH3 is 3. The van der Waals surface area contributed by atoms with Crippen molar-refractivity contribution in [1.82, 2.24) is 15.1 Å². The summed E-state index contributed by atoms with van der Waals surface area (Å²) in [5, 5.41) is 11.4. The van der Waals surface area contributed by atoms with Gasteiger partial charge in [-0.2, -0.15) is 0 Å². The van der Waals surface area contributed by atoms with Crippen LogP contribution in [-0.4, -0.2) is 80.5 Å². The summed E-state index contributed by atoms with van der Waals surface area (Å²) in [5.41, 5.74) is 0.972. The topological polar surface area (TPSA) is 101 Å². The van der Waals surface area contributed by atoms with Crippen LogP contribution in [0, 0.1) is 5.92 Å². The van der Waals surface area contributed by atoms with Crippen LogP contribution in [0.2, 0.25) is 0 Å². The van der Waals surface area contributed by atoms with Gasteiger partial charge < -0.3 is 29.5 Å². The third kappa shape index (κ3) is 5.91. The molecular formula is C21H33N3O6. The quantitative estimate of drug-likeness (QED) is 0.627. The lowest BCUT2D eigenvalue weighted by atomic mass is 10.0. The number of rotatable bonds is 9. The molecule has 0 aromatic heterocycles. The largest absolute Gasteiger partial charge is 0.493 e. The molecule has 2 rings (SSSR count). The molecule has 1 saturated heterocycles. The van der Waals surface area contributed by atoms with E-state index >= 15 is 0 Å². The summed E-state index contributed by atoms with van der Waals surface area (Å²) >= 11 is 0. The number of carboxylic acid groups (broad SMARTS) is 1. The molecule has 1 aliphatic heterocycles. The van der Waals surface area contributed by atoms with Crippen molar-refractivity contribution in [3.63, 3.8) is 0 Å². The van der Waals surface area contributed by atoms with Gasteiger partial charge in [-0.1, -0.05) is 19.9 Å². The number of hydrogen-bond donors (Lipinski definition) is 2. The highest BCUT2D eigenvalue weighted by Crippen LogP contribution is 2.40. The van der Waals surface area contributed by atoms with Crippen molar-refractivity contribution < 1.29 is 28.9 Å². The smallest absolute Gasteiger partial charge is 0.405 e. The van der Waals surface area contributed by atoms with Crippen LogP contribution in [0.15, 0.2) is 12.1 Å². The molecule has 1 heterocycles. The van der Waals surface area contributed by atoms with Gasteiger partial charge in [0.2, 0.25) is 11.7 Å². The first-order valence-electron chi connectivity index (χ1n) is 10.1. The fourth-order valence-electron chi connectivity index (χ4n) is 3.72. The van der Waals surface area contributed by atoms with Crippen LogP contribution in [0.1, 0.15) is 25.8 Å². The van der Waals surface area contributed by atoms with Gasteiger partial charge in [0, 0.05) is 38.3 Å². The maximum atomic E-state index is 12.8. The maximum Gasteiger partial charge on any atom is 0.405 e. The predicted molar refractivity (Wildman–Crippen MR) is 112 cm³/mol. The first kappa shape index (κ1) is 23.6. The van der Waals surface area contributed by atoms with Crippen LogP contribution in [0.25, 0.3) is 0 Å². The molecule has 0 bridgehead atoms. The van der Waals surface area contributed by atoms with Crippen molar-refractivity contribution in [1.29, 1.82) is 0 Å². The monoisotopic (exact) mass is 423 g/mol. The number of amides is 2. The molecule has 30 heavy (non-hydrogen) atoms. The molecule has 0 saturated carbocycles. The highest BCUT2D eigenvalue weighted by molar-refractivity contribution is 5.85. The number of benzene rings is 1. The molecule has 1 aromatic carbocycles. The van der Waals surface area contributed by atoms with E-state index in [1.807, 2.05) is 26.0 Å². The van der Waals surface area contributed by atoms with Crippen molar-refractivity contribution in [2.24, 2.45) is 5.92 Å². The number of piperazine rings is 1. The van der Waals surface area contributed by atoms with Gasteiger partial charge in [-0.3, -0.25) is 9.69 Å². The Kier molecular flexibility index (Phi) is 8.58. The van der Waals surface area contributed by atoms with Crippen molar-refractivity contribution in [3.05, 3.63) is 17.7 Å². The molecular weight excluding hydrogens is 390 g/mol. The van der Waals surface area contributed by atoms with Crippen LogP contribution < -0.4 is 19.5 Å². The van der Waals surface area contributed by atoms with E-state index in [1.54, 1.807) is 26.2 Å². The van der Waals surface area contributed by atoms with Gasteiger partial charge in [0.1, 0.15) is 6.04 Å². The average Bonchev–Trinajstić information content (AvgIpc) is 2.72. The van der Waals surface area contributed by atoms with Gasteiger partial charge in [0.05, 0.1) is 21.3 Å². The summed E-state index contributed by atoms with van der Waals surface area (Å²) in [6, 6.07) is 3.09. The van der Waals surface area contributed by atoms with Gasteiger partial charge in [-0.15, -0.1) is 0 Å². The Bertz CT molecular complexity index is 732. The summed E-state index contributed by atoms with van der Waals surface area (Å²) in [7, 11) is 4.76. The second kappa shape index (κ2) is 10.9. The van der Waals surface area contributed by atoms with E-state index in [9.17, 15) is 9.59 Å². The second-order valence-corrected chi connectivity index (χ2v) is 7.73. The SMILES string of the molecule is COc1ccc(CN2CCN(C(=O)C(CC(C)C)NC(=O)O)CC2)c(OC)c1OC. The van der Waals surface area contributed by atoms with Crippen LogP contribution in [-0.2, 0) is 11.3 Å². The Morgan fingerprint density at radius 1 is 1.03 bits per heavy atom. The summed E-state index contributed by atoms with van der Waals surface area (Å²) < 4.78 is 16.3. The van der Waals surface area contributed by atoms with Crippen molar-refractivity contribution in [2.45, 2.75) is 32.9 Å². The number of nitrogens with one attached hydrogen (secondary N) is 1. The fraction of sp³-hybridized carbons (Fsp3) is 0.619. The van der Waals surface area contributed by atoms with Gasteiger partial charge in [0.15, 0.2) is 11.5 Å². The van der Waals surface area contributed by atoms with E-state index in [-0.39, 0.29) is 11.8 Å². The van der Waals surface area contributed by atoms with Gasteiger partial charge in [-0.25, -0.2) is 4.79 Å². The molecule has 0 radical (unpaired) electrons. The number of ether oxygens (including phenoxy) is 3. The first-order valence-corrected chi connectivity index (χ1v) is 10.1. The molecule has 1 unspecified atom stereocenters. The highest BCUT2D eigenvalue weighted by atomic mass is 16.5. The number of hydrogen-bond acceptors (Lipinski definition) is 6. The lowest BCUT2D eigenvalue weighted by Gasteiger charge is -2.36. The molecule has 1 fully saturated rings. The maximum absolute atomic E-state index is 12.8. The lowest BCUT2D eigenvalue weighted by molar-refractivity contribution is -0.135. The van der Waals surface area contributed by atoms with Gasteiger partial charge in [-0.05, 0) is 18.4 Å². The van der Waals surface area contributed by atoms with Crippen LogP contribution >= 0.6 is 0 Å². The minimum absolute atomic E-state index is 0.158. The Morgan fingerprint density at radius 3 is 2.17 bits per heavy atom. The predicted octanol–water partition coefficient (Wildman–Crippen LogP) is 2.04. The summed E-state index contributed by atoms with van der Waals surface area (Å²) in [4.78, 5) is 27.9. The molecule has 0 spiro atoms. The summed E-state index contributed by atoms with van der Waals surface area (Å²) in [6.45, 7) is 7.05. The van der Waals surface area contributed by atoms with Gasteiger partial charge >= 0.3 is 6.09 Å². The molecule has 9 nitrogen and oxygen atoms in total. The van der Waals surface area contributed by atoms with E-state index in [0.29, 0.717) is 56.4 Å². The number of carbonyl (C=O) groups is 2. The molecule has 1 aromatic rings. The standard InChI is InChI=1S/C21H33N3O6/c1-14(2)12-16(22-21(26)27)20(25)24-10-8-23(9-11-24)13-15-6-7-17(28-3)19(30-5)18(15)29-4/h6-7,14,16,22H,8-13H2,1-5H3,(H,26,27). The van der Waals surface area contributed by atoms with E-state index in [2.05, 4.69) is 10.2 Å². The van der Waals surface area contributed by atoms with Crippen LogP contribution in [0.5, 0.6) is 17.2 Å². The highest BCUT2D eigenvalue weighted by Gasteiger charge is 2.29. The van der Waals surface area contributed by atoms with Crippen molar-refractivity contribution >= 4 is 12.0 Å². The normalized spacial score (nSPS) is 15.6. The summed E-state index contributed by atoms with van der Waals surface area (Å²) in [6.07, 6.45) is -0.693. The van der Waals surface area contributed by atoms with E-state index in [0.717, 1.165) is 5.56 Å². The third-order valence-corrected chi connectivity index (χ3v) is 5.17. The second-order valence-electron chi connectivity index (χ2n) is 7.73. The van der Waals surface area contributed by atoms with Crippen LogP contribution in [0.3, 0.4) is 0 Å². The Balaban J connectivity index is 2.02. The fourth-order valence-corrected chi connectivity index (χ4v) is 3.72. The number of nitrogens with zero attached hydrogens (tertiary/aromatic N) is 2.